The second-order valence-corrected chi connectivity index (χ2v) is 7.65. The Morgan fingerprint density at radius 2 is 1.47 bits per heavy atom. The summed E-state index contributed by atoms with van der Waals surface area (Å²) in [5, 5.41) is 20.2. The lowest BCUT2D eigenvalue weighted by Gasteiger charge is -2.15. The summed E-state index contributed by atoms with van der Waals surface area (Å²) in [6, 6.07) is 19.2. The average Bonchev–Trinajstić information content (AvgIpc) is 2.72. The van der Waals surface area contributed by atoms with Crippen LogP contribution in [0.5, 0.6) is 0 Å². The number of hydrogen-bond acceptors (Lipinski definition) is 4. The highest BCUT2D eigenvalue weighted by molar-refractivity contribution is 6.31. The first-order valence-corrected chi connectivity index (χ1v) is 10.1. The van der Waals surface area contributed by atoms with E-state index < -0.39 is 0 Å². The molecule has 6 nitrogen and oxygen atoms in total. The third-order valence-corrected chi connectivity index (χ3v) is 5.10. The maximum Gasteiger partial charge on any atom is 0.185 e. The third kappa shape index (κ3) is 4.50. The smallest absolute Gasteiger partial charge is 0.185 e. The number of nitrogens with two attached hydrogens (primary N) is 1. The molecule has 4 rings (SSSR count). The SMILES string of the molecule is N=C(N)NCCNc1c2cc(Cl)ccc2nc2ccc(Nc3ccc(Cl)cc3)cc12. The minimum absolute atomic E-state index is 0.0567. The Balaban J connectivity index is 1.75. The summed E-state index contributed by atoms with van der Waals surface area (Å²) >= 11 is 12.2. The number of hydrogen-bond donors (Lipinski definition) is 5. The maximum absolute atomic E-state index is 7.31. The Kier molecular flexibility index (Phi) is 5.79. The largest absolute Gasteiger partial charge is 0.382 e. The summed E-state index contributed by atoms with van der Waals surface area (Å²) in [7, 11) is 0. The summed E-state index contributed by atoms with van der Waals surface area (Å²) in [5.74, 6) is -0.0567. The highest BCUT2D eigenvalue weighted by atomic mass is 35.5. The quantitative estimate of drug-likeness (QED) is 0.121. The fourth-order valence-corrected chi connectivity index (χ4v) is 3.57. The van der Waals surface area contributed by atoms with E-state index in [0.29, 0.717) is 23.1 Å². The summed E-state index contributed by atoms with van der Waals surface area (Å²) < 4.78 is 0. The zero-order chi connectivity index (χ0) is 21.1. The first kappa shape index (κ1) is 20.1. The van der Waals surface area contributed by atoms with Crippen molar-refractivity contribution in [3.63, 3.8) is 0 Å². The van der Waals surface area contributed by atoms with Crippen LogP contribution >= 0.6 is 23.2 Å². The molecule has 0 amide bonds. The van der Waals surface area contributed by atoms with Crippen molar-refractivity contribution >= 4 is 68.0 Å². The summed E-state index contributed by atoms with van der Waals surface area (Å²) in [4.78, 5) is 4.78. The van der Waals surface area contributed by atoms with E-state index in [0.717, 1.165) is 38.9 Å². The number of rotatable bonds is 6. The molecule has 0 spiro atoms. The van der Waals surface area contributed by atoms with Crippen molar-refractivity contribution < 1.29 is 0 Å². The van der Waals surface area contributed by atoms with Crippen LogP contribution in [0.25, 0.3) is 21.8 Å². The van der Waals surface area contributed by atoms with Crippen LogP contribution in [0.4, 0.5) is 17.1 Å². The predicted octanol–water partition coefficient (Wildman–Crippen LogP) is 5.33. The highest BCUT2D eigenvalue weighted by Gasteiger charge is 2.11. The van der Waals surface area contributed by atoms with Crippen LogP contribution in [0.3, 0.4) is 0 Å². The second kappa shape index (κ2) is 8.65. The first-order valence-electron chi connectivity index (χ1n) is 9.37. The van der Waals surface area contributed by atoms with Gasteiger partial charge in [-0.2, -0.15) is 0 Å². The van der Waals surface area contributed by atoms with Gasteiger partial charge in [-0.3, -0.25) is 5.41 Å². The Hall–Kier alpha value is -3.22. The summed E-state index contributed by atoms with van der Waals surface area (Å²) in [6.07, 6.45) is 0. The molecule has 0 radical (unpaired) electrons. The second-order valence-electron chi connectivity index (χ2n) is 6.78. The van der Waals surface area contributed by atoms with E-state index in [9.17, 15) is 0 Å². The fourth-order valence-electron chi connectivity index (χ4n) is 3.27. The van der Waals surface area contributed by atoms with Gasteiger partial charge >= 0.3 is 0 Å². The molecule has 0 saturated heterocycles. The Morgan fingerprint density at radius 3 is 2.20 bits per heavy atom. The zero-order valence-corrected chi connectivity index (χ0v) is 17.5. The molecule has 6 N–H and O–H groups in total. The number of anilines is 3. The number of fused-ring (bicyclic) bond motifs is 2. The van der Waals surface area contributed by atoms with Gasteiger partial charge < -0.3 is 21.7 Å². The van der Waals surface area contributed by atoms with Crippen LogP contribution in [0, 0.1) is 5.41 Å². The molecule has 0 fully saturated rings. The van der Waals surface area contributed by atoms with Gasteiger partial charge in [-0.15, -0.1) is 0 Å². The number of benzene rings is 3. The van der Waals surface area contributed by atoms with E-state index in [2.05, 4.69) is 22.0 Å². The molecule has 0 bridgehead atoms. The molecule has 0 atom stereocenters. The van der Waals surface area contributed by atoms with E-state index in [-0.39, 0.29) is 5.96 Å². The summed E-state index contributed by atoms with van der Waals surface area (Å²) in [6.45, 7) is 1.10. The minimum atomic E-state index is -0.0567. The van der Waals surface area contributed by atoms with Gasteiger partial charge in [0, 0.05) is 45.3 Å². The maximum atomic E-state index is 7.31. The molecule has 30 heavy (non-hydrogen) atoms. The molecular formula is C22H20Cl2N6. The van der Waals surface area contributed by atoms with Crippen LogP contribution in [0.1, 0.15) is 0 Å². The number of halogens is 2. The van der Waals surface area contributed by atoms with Crippen molar-refractivity contribution in [3.8, 4) is 0 Å². The number of nitrogens with one attached hydrogen (secondary N) is 4. The standard InChI is InChI=1S/C22H20Cl2N6/c23-13-1-4-15(5-2-13)29-16-6-8-20-18(12-16)21(27-9-10-28-22(25)26)17-11-14(24)3-7-19(17)30-20/h1-8,11-12,29H,9-10H2,(H,27,30)(H4,25,26,28). The van der Waals surface area contributed by atoms with Crippen LogP contribution in [0.2, 0.25) is 10.0 Å². The lowest BCUT2D eigenvalue weighted by molar-refractivity contribution is 0.893. The molecule has 152 valence electrons. The van der Waals surface area contributed by atoms with Crippen molar-refractivity contribution in [2.75, 3.05) is 23.7 Å². The molecule has 0 aliphatic carbocycles. The fraction of sp³-hybridized carbons (Fsp3) is 0.0909. The van der Waals surface area contributed by atoms with E-state index in [1.165, 1.54) is 0 Å². The number of pyridine rings is 1. The normalized spacial score (nSPS) is 10.9. The molecule has 4 aromatic rings. The minimum Gasteiger partial charge on any atom is -0.382 e. The average molecular weight is 439 g/mol. The van der Waals surface area contributed by atoms with E-state index >= 15 is 0 Å². The van der Waals surface area contributed by atoms with Crippen molar-refractivity contribution in [1.82, 2.24) is 10.3 Å². The molecular weight excluding hydrogens is 419 g/mol. The molecule has 0 aliphatic rings. The molecule has 0 unspecified atom stereocenters. The van der Waals surface area contributed by atoms with Crippen molar-refractivity contribution in [2.24, 2.45) is 5.73 Å². The topological polar surface area (TPSA) is 98.9 Å². The van der Waals surface area contributed by atoms with Crippen LogP contribution in [0.15, 0.2) is 60.7 Å². The van der Waals surface area contributed by atoms with E-state index in [1.807, 2.05) is 54.6 Å². The molecule has 0 saturated carbocycles. The highest BCUT2D eigenvalue weighted by Crippen LogP contribution is 2.34. The van der Waals surface area contributed by atoms with Gasteiger partial charge in [0.2, 0.25) is 0 Å². The van der Waals surface area contributed by atoms with Gasteiger partial charge in [-0.1, -0.05) is 23.2 Å². The zero-order valence-electron chi connectivity index (χ0n) is 16.0. The van der Waals surface area contributed by atoms with E-state index in [4.69, 9.17) is 39.3 Å². The van der Waals surface area contributed by atoms with Crippen molar-refractivity contribution in [3.05, 3.63) is 70.7 Å². The lowest BCUT2D eigenvalue weighted by Crippen LogP contribution is -2.33. The number of guanidine groups is 1. The Morgan fingerprint density at radius 1 is 0.833 bits per heavy atom. The summed E-state index contributed by atoms with van der Waals surface area (Å²) in [5.41, 5.74) is 9.90. The van der Waals surface area contributed by atoms with E-state index in [1.54, 1.807) is 0 Å². The van der Waals surface area contributed by atoms with Crippen LogP contribution < -0.4 is 21.7 Å². The molecule has 1 aromatic heterocycles. The lowest BCUT2D eigenvalue weighted by atomic mass is 10.1. The van der Waals surface area contributed by atoms with Gasteiger partial charge in [-0.05, 0) is 60.7 Å². The van der Waals surface area contributed by atoms with Crippen molar-refractivity contribution in [1.29, 1.82) is 5.41 Å². The molecule has 0 aliphatic heterocycles. The van der Waals surface area contributed by atoms with Crippen LogP contribution in [-0.2, 0) is 0 Å². The third-order valence-electron chi connectivity index (χ3n) is 4.61. The molecule has 3 aromatic carbocycles. The Bertz CT molecular complexity index is 1220. The van der Waals surface area contributed by atoms with Crippen LogP contribution in [-0.4, -0.2) is 24.0 Å². The Labute approximate surface area is 183 Å². The van der Waals surface area contributed by atoms with Gasteiger partial charge in [0.05, 0.1) is 16.7 Å². The van der Waals surface area contributed by atoms with Gasteiger partial charge in [0.1, 0.15) is 0 Å². The van der Waals surface area contributed by atoms with Gasteiger partial charge in [0.15, 0.2) is 5.96 Å². The first-order chi connectivity index (χ1) is 14.5. The molecule has 1 heterocycles. The molecule has 8 heteroatoms. The predicted molar refractivity (Wildman–Crippen MR) is 127 cm³/mol. The van der Waals surface area contributed by atoms with Crippen molar-refractivity contribution in [2.45, 2.75) is 0 Å². The van der Waals surface area contributed by atoms with Gasteiger partial charge in [-0.25, -0.2) is 4.98 Å². The monoisotopic (exact) mass is 438 g/mol. The number of aromatic nitrogens is 1. The number of nitrogens with zero attached hydrogens (tertiary/aromatic N) is 1. The van der Waals surface area contributed by atoms with Gasteiger partial charge in [0.25, 0.3) is 0 Å².